The van der Waals surface area contributed by atoms with Crippen molar-refractivity contribution in [2.75, 3.05) is 0 Å². The molecule has 0 fully saturated rings. The standard InChI is InChI=1S/C15H20N4O2/c1-10(2)17-14(20)8-18-15(21)16-9-19(18)13-7-11(3)5-6-12(13)4/h5-7,9-10H,8H2,1-4H3,(H,17,20). The van der Waals surface area contributed by atoms with Gasteiger partial charge in [-0.25, -0.2) is 14.2 Å². The molecule has 2 rings (SSSR count). The smallest absolute Gasteiger partial charge is 0.352 e. The fourth-order valence-corrected chi connectivity index (χ4v) is 2.13. The van der Waals surface area contributed by atoms with Crippen LogP contribution in [0.2, 0.25) is 0 Å². The Morgan fingerprint density at radius 3 is 2.71 bits per heavy atom. The molecule has 0 bridgehead atoms. The van der Waals surface area contributed by atoms with Gasteiger partial charge < -0.3 is 5.32 Å². The second-order valence-corrected chi connectivity index (χ2v) is 5.44. The van der Waals surface area contributed by atoms with Crippen LogP contribution in [0.4, 0.5) is 0 Å². The molecule has 1 aromatic heterocycles. The van der Waals surface area contributed by atoms with Crippen molar-refractivity contribution in [2.24, 2.45) is 0 Å². The number of hydrogen-bond acceptors (Lipinski definition) is 3. The number of hydrogen-bond donors (Lipinski definition) is 1. The molecule has 0 aliphatic carbocycles. The van der Waals surface area contributed by atoms with Gasteiger partial charge in [-0.05, 0) is 44.9 Å². The predicted octanol–water partition coefficient (Wildman–Crippen LogP) is 1.18. The zero-order chi connectivity index (χ0) is 15.6. The fourth-order valence-electron chi connectivity index (χ4n) is 2.13. The highest BCUT2D eigenvalue weighted by molar-refractivity contribution is 5.75. The lowest BCUT2D eigenvalue weighted by atomic mass is 10.1. The molecule has 0 radical (unpaired) electrons. The highest BCUT2D eigenvalue weighted by atomic mass is 16.2. The summed E-state index contributed by atoms with van der Waals surface area (Å²) in [5, 5.41) is 2.77. The average molecular weight is 288 g/mol. The maximum atomic E-state index is 11.9. The summed E-state index contributed by atoms with van der Waals surface area (Å²) >= 11 is 0. The van der Waals surface area contributed by atoms with Crippen LogP contribution in [0.3, 0.4) is 0 Å². The molecule has 1 amide bonds. The van der Waals surface area contributed by atoms with Crippen LogP contribution in [0.1, 0.15) is 25.0 Å². The first-order chi connectivity index (χ1) is 9.88. The Kier molecular flexibility index (Phi) is 4.26. The van der Waals surface area contributed by atoms with E-state index in [9.17, 15) is 9.59 Å². The van der Waals surface area contributed by atoms with Crippen molar-refractivity contribution in [3.05, 3.63) is 46.1 Å². The lowest BCUT2D eigenvalue weighted by molar-refractivity contribution is -0.122. The molecule has 0 unspecified atom stereocenters. The molecule has 0 aliphatic heterocycles. The fraction of sp³-hybridized carbons (Fsp3) is 0.400. The van der Waals surface area contributed by atoms with Crippen LogP contribution >= 0.6 is 0 Å². The number of amides is 1. The van der Waals surface area contributed by atoms with Gasteiger partial charge in [0.05, 0.1) is 5.69 Å². The second-order valence-electron chi connectivity index (χ2n) is 5.44. The number of nitrogens with zero attached hydrogens (tertiary/aromatic N) is 3. The van der Waals surface area contributed by atoms with Crippen molar-refractivity contribution in [1.29, 1.82) is 0 Å². The van der Waals surface area contributed by atoms with E-state index in [1.54, 1.807) is 4.68 Å². The SMILES string of the molecule is Cc1ccc(C)c(-n2cnc(=O)n2CC(=O)NC(C)C)c1. The zero-order valence-electron chi connectivity index (χ0n) is 12.8. The maximum absolute atomic E-state index is 11.9. The number of rotatable bonds is 4. The molecule has 1 N–H and O–H groups in total. The number of carbonyl (C=O) groups excluding carboxylic acids is 1. The number of nitrogens with one attached hydrogen (secondary N) is 1. The third-order valence-corrected chi connectivity index (χ3v) is 3.11. The molecular formula is C15H20N4O2. The predicted molar refractivity (Wildman–Crippen MR) is 80.6 cm³/mol. The van der Waals surface area contributed by atoms with E-state index in [0.29, 0.717) is 0 Å². The Morgan fingerprint density at radius 2 is 2.05 bits per heavy atom. The van der Waals surface area contributed by atoms with Crippen molar-refractivity contribution in [2.45, 2.75) is 40.3 Å². The monoisotopic (exact) mass is 288 g/mol. The van der Waals surface area contributed by atoms with E-state index in [-0.39, 0.29) is 18.5 Å². The lowest BCUT2D eigenvalue weighted by Crippen LogP contribution is -2.37. The minimum atomic E-state index is -0.435. The molecule has 0 spiro atoms. The second kappa shape index (κ2) is 5.95. The molecule has 1 heterocycles. The number of aryl methyl sites for hydroxylation is 2. The molecule has 0 atom stereocenters. The van der Waals surface area contributed by atoms with Gasteiger partial charge in [0.25, 0.3) is 0 Å². The largest absolute Gasteiger partial charge is 0.364 e. The van der Waals surface area contributed by atoms with Crippen molar-refractivity contribution in [1.82, 2.24) is 19.7 Å². The summed E-state index contributed by atoms with van der Waals surface area (Å²) in [6, 6.07) is 5.98. The van der Waals surface area contributed by atoms with E-state index in [0.717, 1.165) is 16.8 Å². The van der Waals surface area contributed by atoms with Gasteiger partial charge in [0.1, 0.15) is 12.9 Å². The Hall–Kier alpha value is -2.37. The van der Waals surface area contributed by atoms with Crippen LogP contribution < -0.4 is 11.0 Å². The van der Waals surface area contributed by atoms with Crippen LogP contribution in [-0.4, -0.2) is 26.3 Å². The zero-order valence-corrected chi connectivity index (χ0v) is 12.8. The lowest BCUT2D eigenvalue weighted by Gasteiger charge is -2.14. The highest BCUT2D eigenvalue weighted by Gasteiger charge is 2.13. The minimum Gasteiger partial charge on any atom is -0.352 e. The van der Waals surface area contributed by atoms with Gasteiger partial charge in [-0.3, -0.25) is 4.79 Å². The van der Waals surface area contributed by atoms with Gasteiger partial charge in [0.2, 0.25) is 5.91 Å². The Labute approximate surface area is 123 Å². The van der Waals surface area contributed by atoms with E-state index < -0.39 is 5.69 Å². The van der Waals surface area contributed by atoms with E-state index in [4.69, 9.17) is 0 Å². The normalized spacial score (nSPS) is 10.9. The summed E-state index contributed by atoms with van der Waals surface area (Å²) in [6.45, 7) is 7.64. The maximum Gasteiger partial charge on any atom is 0.364 e. The molecule has 6 nitrogen and oxygen atoms in total. The van der Waals surface area contributed by atoms with Crippen molar-refractivity contribution in [3.63, 3.8) is 0 Å². The summed E-state index contributed by atoms with van der Waals surface area (Å²) in [5.74, 6) is -0.209. The van der Waals surface area contributed by atoms with Crippen LogP contribution in [0, 0.1) is 13.8 Å². The molecule has 2 aromatic rings. The third-order valence-electron chi connectivity index (χ3n) is 3.11. The topological polar surface area (TPSA) is 68.9 Å². The molecule has 112 valence electrons. The number of carbonyl (C=O) groups is 1. The summed E-state index contributed by atoms with van der Waals surface area (Å²) < 4.78 is 2.96. The first-order valence-electron chi connectivity index (χ1n) is 6.90. The van der Waals surface area contributed by atoms with Crippen LogP contribution in [-0.2, 0) is 11.3 Å². The van der Waals surface area contributed by atoms with Crippen molar-refractivity contribution >= 4 is 5.91 Å². The first-order valence-corrected chi connectivity index (χ1v) is 6.90. The van der Waals surface area contributed by atoms with Gasteiger partial charge in [0, 0.05) is 6.04 Å². The van der Waals surface area contributed by atoms with Gasteiger partial charge in [-0.15, -0.1) is 0 Å². The average Bonchev–Trinajstić information content (AvgIpc) is 2.73. The molecule has 21 heavy (non-hydrogen) atoms. The highest BCUT2D eigenvalue weighted by Crippen LogP contribution is 2.14. The Morgan fingerprint density at radius 1 is 1.33 bits per heavy atom. The summed E-state index contributed by atoms with van der Waals surface area (Å²) in [6.07, 6.45) is 1.45. The number of aromatic nitrogens is 3. The van der Waals surface area contributed by atoms with Gasteiger partial charge >= 0.3 is 5.69 Å². The molecule has 0 aliphatic rings. The van der Waals surface area contributed by atoms with Crippen molar-refractivity contribution < 1.29 is 4.79 Å². The molecule has 0 saturated heterocycles. The Balaban J connectivity index is 2.40. The summed E-state index contributed by atoms with van der Waals surface area (Å²) in [5.41, 5.74) is 2.50. The minimum absolute atomic E-state index is 0.0327. The van der Waals surface area contributed by atoms with E-state index >= 15 is 0 Å². The molecular weight excluding hydrogens is 268 g/mol. The summed E-state index contributed by atoms with van der Waals surface area (Å²) in [7, 11) is 0. The van der Waals surface area contributed by atoms with Gasteiger partial charge in [-0.1, -0.05) is 12.1 Å². The molecule has 6 heteroatoms. The van der Waals surface area contributed by atoms with E-state index in [2.05, 4.69) is 10.3 Å². The van der Waals surface area contributed by atoms with E-state index in [1.165, 1.54) is 11.0 Å². The molecule has 0 saturated carbocycles. The summed E-state index contributed by atoms with van der Waals surface area (Å²) in [4.78, 5) is 27.6. The quantitative estimate of drug-likeness (QED) is 0.918. The third kappa shape index (κ3) is 3.39. The van der Waals surface area contributed by atoms with Crippen molar-refractivity contribution in [3.8, 4) is 5.69 Å². The first kappa shape index (κ1) is 15.0. The molecule has 1 aromatic carbocycles. The van der Waals surface area contributed by atoms with Gasteiger partial charge in [-0.2, -0.15) is 4.98 Å². The Bertz CT molecular complexity index is 713. The van der Waals surface area contributed by atoms with Crippen LogP contribution in [0.25, 0.3) is 5.69 Å². The number of benzene rings is 1. The van der Waals surface area contributed by atoms with Crippen LogP contribution in [0.5, 0.6) is 0 Å². The van der Waals surface area contributed by atoms with Crippen LogP contribution in [0.15, 0.2) is 29.3 Å². The van der Waals surface area contributed by atoms with Gasteiger partial charge in [0.15, 0.2) is 0 Å². The van der Waals surface area contributed by atoms with E-state index in [1.807, 2.05) is 45.9 Å².